The Morgan fingerprint density at radius 3 is 2.96 bits per heavy atom. The number of anilines is 1. The smallest absolute Gasteiger partial charge is 0.350 e. The van der Waals surface area contributed by atoms with Crippen LogP contribution in [0.2, 0.25) is 5.02 Å². The van der Waals surface area contributed by atoms with E-state index in [9.17, 15) is 9.59 Å². The molecule has 3 rings (SSSR count). The normalized spacial score (nSPS) is 10.8. The number of amides is 1. The molecule has 0 spiro atoms. The van der Waals surface area contributed by atoms with E-state index < -0.39 is 5.97 Å². The van der Waals surface area contributed by atoms with Gasteiger partial charge in [-0.2, -0.15) is 0 Å². The first-order valence-electron chi connectivity index (χ1n) is 7.20. The number of carbonyl (C=O) groups is 2. The van der Waals surface area contributed by atoms with E-state index in [1.807, 2.05) is 17.7 Å². The van der Waals surface area contributed by atoms with Gasteiger partial charge < -0.3 is 14.6 Å². The number of ether oxygens (including phenoxy) is 1. The Bertz CT molecular complexity index is 951. The maximum atomic E-state index is 12.2. The zero-order chi connectivity index (χ0) is 18.0. The Labute approximate surface area is 157 Å². The predicted molar refractivity (Wildman–Crippen MR) is 101 cm³/mol. The lowest BCUT2D eigenvalue weighted by Gasteiger charge is -2.05. The number of nitrogens with one attached hydrogen (secondary N) is 1. The highest BCUT2D eigenvalue weighted by molar-refractivity contribution is 7.99. The molecule has 0 bridgehead atoms. The topological polar surface area (TPSA) is 73.2 Å². The molecule has 0 aliphatic carbocycles. The van der Waals surface area contributed by atoms with Crippen LogP contribution in [0, 0.1) is 0 Å². The second-order valence-corrected chi connectivity index (χ2v) is 7.37. The quantitative estimate of drug-likeness (QED) is 0.525. The van der Waals surface area contributed by atoms with Crippen LogP contribution in [0.3, 0.4) is 0 Å². The van der Waals surface area contributed by atoms with Crippen molar-refractivity contribution in [2.24, 2.45) is 7.05 Å². The average Bonchev–Trinajstić information content (AvgIpc) is 3.17. The number of carbonyl (C=O) groups excluding carboxylic acids is 2. The summed E-state index contributed by atoms with van der Waals surface area (Å²) < 4.78 is 6.61. The molecule has 0 aliphatic rings. The molecule has 3 aromatic rings. The number of methoxy groups -OCH3 is 1. The van der Waals surface area contributed by atoms with Crippen LogP contribution in [0.5, 0.6) is 0 Å². The summed E-state index contributed by atoms with van der Waals surface area (Å²) in [5.41, 5.74) is 2.18. The molecule has 25 heavy (non-hydrogen) atoms. The molecule has 0 unspecified atom stereocenters. The van der Waals surface area contributed by atoms with Gasteiger partial charge in [0.25, 0.3) is 0 Å². The maximum absolute atomic E-state index is 12.2. The van der Waals surface area contributed by atoms with Gasteiger partial charge in [-0.3, -0.25) is 4.79 Å². The first-order chi connectivity index (χ1) is 12.0. The van der Waals surface area contributed by atoms with E-state index in [1.54, 1.807) is 23.6 Å². The Balaban J connectivity index is 1.68. The van der Waals surface area contributed by atoms with Crippen LogP contribution < -0.4 is 5.32 Å². The van der Waals surface area contributed by atoms with Gasteiger partial charge in [0, 0.05) is 12.1 Å². The summed E-state index contributed by atoms with van der Waals surface area (Å²) in [4.78, 5) is 28.7. The third-order valence-electron chi connectivity index (χ3n) is 3.44. The highest BCUT2D eigenvalue weighted by Crippen LogP contribution is 2.26. The van der Waals surface area contributed by atoms with Crippen LogP contribution in [-0.2, 0) is 16.6 Å². The fraction of sp³-hybridized carbons (Fsp3) is 0.188. The number of halogens is 1. The predicted octanol–water partition coefficient (Wildman–Crippen LogP) is 3.81. The number of thiophene rings is 1. The van der Waals surface area contributed by atoms with E-state index in [-0.39, 0.29) is 11.7 Å². The van der Waals surface area contributed by atoms with Crippen molar-refractivity contribution >= 4 is 63.3 Å². The van der Waals surface area contributed by atoms with Gasteiger partial charge in [0.1, 0.15) is 4.88 Å². The number of rotatable bonds is 5. The molecule has 2 aromatic heterocycles. The monoisotopic (exact) mass is 395 g/mol. The number of hydrogen-bond donors (Lipinski definition) is 1. The molecule has 9 heteroatoms. The SMILES string of the molecule is COC(=O)c1sccc1NC(=O)CSc1nc2cc(Cl)ccc2n1C. The van der Waals surface area contributed by atoms with Crippen molar-refractivity contribution in [1.82, 2.24) is 9.55 Å². The number of fused-ring (bicyclic) bond motifs is 1. The zero-order valence-electron chi connectivity index (χ0n) is 13.4. The minimum Gasteiger partial charge on any atom is -0.465 e. The first-order valence-corrected chi connectivity index (χ1v) is 9.44. The maximum Gasteiger partial charge on any atom is 0.350 e. The van der Waals surface area contributed by atoms with E-state index in [0.717, 1.165) is 11.0 Å². The van der Waals surface area contributed by atoms with Crippen LogP contribution >= 0.6 is 34.7 Å². The van der Waals surface area contributed by atoms with E-state index in [2.05, 4.69) is 10.3 Å². The number of hydrogen-bond acceptors (Lipinski definition) is 6. The largest absolute Gasteiger partial charge is 0.465 e. The van der Waals surface area contributed by atoms with Crippen LogP contribution in [0.1, 0.15) is 9.67 Å². The summed E-state index contributed by atoms with van der Waals surface area (Å²) in [5.74, 6) is -0.523. The molecule has 6 nitrogen and oxygen atoms in total. The Kier molecular flexibility index (Phi) is 5.31. The minimum atomic E-state index is -0.467. The molecule has 0 radical (unpaired) electrons. The molecule has 0 aliphatic heterocycles. The number of benzene rings is 1. The Morgan fingerprint density at radius 2 is 2.20 bits per heavy atom. The molecule has 2 heterocycles. The number of aromatic nitrogens is 2. The molecule has 1 amide bonds. The molecular formula is C16H14ClN3O3S2. The van der Waals surface area contributed by atoms with E-state index >= 15 is 0 Å². The fourth-order valence-corrected chi connectivity index (χ4v) is 3.97. The van der Waals surface area contributed by atoms with Gasteiger partial charge in [-0.05, 0) is 29.6 Å². The minimum absolute atomic E-state index is 0.168. The summed E-state index contributed by atoms with van der Waals surface area (Å²) in [7, 11) is 3.19. The van der Waals surface area contributed by atoms with Gasteiger partial charge >= 0.3 is 5.97 Å². The molecular weight excluding hydrogens is 382 g/mol. The second kappa shape index (κ2) is 7.47. The summed E-state index contributed by atoms with van der Waals surface area (Å²) >= 11 is 8.52. The standard InChI is InChI=1S/C16H14ClN3O3S2/c1-20-12-4-3-9(17)7-11(12)19-16(20)25-8-13(21)18-10-5-6-24-14(10)15(22)23-2/h3-7H,8H2,1-2H3,(H,18,21). The fourth-order valence-electron chi connectivity index (χ4n) is 2.25. The average molecular weight is 396 g/mol. The number of thioether (sulfide) groups is 1. The van der Waals surface area contributed by atoms with Crippen molar-refractivity contribution < 1.29 is 14.3 Å². The van der Waals surface area contributed by atoms with Crippen molar-refractivity contribution in [1.29, 1.82) is 0 Å². The van der Waals surface area contributed by atoms with Gasteiger partial charge in [-0.25, -0.2) is 9.78 Å². The summed E-state index contributed by atoms with van der Waals surface area (Å²) in [6.45, 7) is 0. The van der Waals surface area contributed by atoms with Gasteiger partial charge in [0.2, 0.25) is 5.91 Å². The van der Waals surface area contributed by atoms with E-state index in [4.69, 9.17) is 16.3 Å². The third-order valence-corrected chi connectivity index (χ3v) is 5.60. The second-order valence-electron chi connectivity index (χ2n) is 5.08. The lowest BCUT2D eigenvalue weighted by molar-refractivity contribution is -0.113. The van der Waals surface area contributed by atoms with Gasteiger partial charge in [0.05, 0.1) is 29.6 Å². The van der Waals surface area contributed by atoms with Gasteiger partial charge in [-0.15, -0.1) is 11.3 Å². The zero-order valence-corrected chi connectivity index (χ0v) is 15.8. The number of aryl methyl sites for hydroxylation is 1. The van der Waals surface area contributed by atoms with Crippen molar-refractivity contribution in [2.75, 3.05) is 18.2 Å². The summed E-state index contributed by atoms with van der Waals surface area (Å²) in [6, 6.07) is 7.16. The van der Waals surface area contributed by atoms with Crippen molar-refractivity contribution in [3.05, 3.63) is 39.5 Å². The van der Waals surface area contributed by atoms with Crippen molar-refractivity contribution in [3.8, 4) is 0 Å². The van der Waals surface area contributed by atoms with Gasteiger partial charge in [-0.1, -0.05) is 23.4 Å². The number of nitrogens with zero attached hydrogens (tertiary/aromatic N) is 2. The van der Waals surface area contributed by atoms with Crippen molar-refractivity contribution in [3.63, 3.8) is 0 Å². The highest BCUT2D eigenvalue weighted by atomic mass is 35.5. The third kappa shape index (κ3) is 3.81. The van der Waals surface area contributed by atoms with E-state index in [1.165, 1.54) is 30.2 Å². The number of esters is 1. The molecule has 1 aromatic carbocycles. The molecule has 0 saturated heterocycles. The Morgan fingerprint density at radius 1 is 1.40 bits per heavy atom. The number of imidazole rings is 1. The summed E-state index contributed by atoms with van der Waals surface area (Å²) in [6.07, 6.45) is 0. The Hall–Kier alpha value is -2.03. The van der Waals surface area contributed by atoms with Crippen LogP contribution in [0.15, 0.2) is 34.8 Å². The first kappa shape index (κ1) is 17.8. The lowest BCUT2D eigenvalue weighted by atomic mass is 10.3. The van der Waals surface area contributed by atoms with Gasteiger partial charge in [0.15, 0.2) is 5.16 Å². The van der Waals surface area contributed by atoms with Crippen LogP contribution in [-0.4, -0.2) is 34.3 Å². The van der Waals surface area contributed by atoms with Crippen LogP contribution in [0.4, 0.5) is 5.69 Å². The molecule has 0 saturated carbocycles. The molecule has 1 N–H and O–H groups in total. The molecule has 130 valence electrons. The molecule has 0 atom stereocenters. The summed E-state index contributed by atoms with van der Waals surface area (Å²) in [5, 5.41) is 5.79. The lowest BCUT2D eigenvalue weighted by Crippen LogP contribution is -2.16. The van der Waals surface area contributed by atoms with E-state index in [0.29, 0.717) is 20.7 Å². The van der Waals surface area contributed by atoms with Crippen molar-refractivity contribution in [2.45, 2.75) is 5.16 Å². The van der Waals surface area contributed by atoms with Crippen LogP contribution in [0.25, 0.3) is 11.0 Å². The molecule has 0 fully saturated rings. The highest BCUT2D eigenvalue weighted by Gasteiger charge is 2.16.